The van der Waals surface area contributed by atoms with E-state index in [1.165, 1.54) is 0 Å². The lowest BCUT2D eigenvalue weighted by Gasteiger charge is -2.33. The molecule has 0 aliphatic heterocycles. The van der Waals surface area contributed by atoms with E-state index in [1.807, 2.05) is 55.8 Å². The van der Waals surface area contributed by atoms with E-state index in [0.717, 1.165) is 17.1 Å². The van der Waals surface area contributed by atoms with Crippen molar-refractivity contribution in [2.24, 2.45) is 11.7 Å². The summed E-state index contributed by atoms with van der Waals surface area (Å²) in [7, 11) is 0. The zero-order valence-corrected chi connectivity index (χ0v) is 15.8. The van der Waals surface area contributed by atoms with Crippen LogP contribution < -0.4 is 11.1 Å². The van der Waals surface area contributed by atoms with Crippen LogP contribution >= 0.6 is 12.4 Å². The lowest BCUT2D eigenvalue weighted by molar-refractivity contribution is 0.0883. The Hall–Kier alpha value is -1.85. The van der Waals surface area contributed by atoms with Gasteiger partial charge in [-0.05, 0) is 57.0 Å². The van der Waals surface area contributed by atoms with E-state index in [0.29, 0.717) is 12.1 Å². The fourth-order valence-corrected chi connectivity index (χ4v) is 2.41. The largest absolute Gasteiger partial charge is 0.345 e. The number of halogens is 1. The van der Waals surface area contributed by atoms with Crippen LogP contribution in [0.1, 0.15) is 42.5 Å². The monoisotopic (exact) mass is 350 g/mol. The first kappa shape index (κ1) is 20.2. The van der Waals surface area contributed by atoms with E-state index in [-0.39, 0.29) is 24.2 Å². The molecular formula is C18H27ClN4O. The molecule has 1 aromatic heterocycles. The smallest absolute Gasteiger partial charge is 0.251 e. The summed E-state index contributed by atoms with van der Waals surface area (Å²) in [6.45, 7) is 10.5. The van der Waals surface area contributed by atoms with E-state index >= 15 is 0 Å². The Labute approximate surface area is 150 Å². The maximum absolute atomic E-state index is 12.5. The van der Waals surface area contributed by atoms with Crippen molar-refractivity contribution in [1.29, 1.82) is 0 Å². The highest BCUT2D eigenvalue weighted by Crippen LogP contribution is 2.17. The van der Waals surface area contributed by atoms with E-state index in [1.54, 1.807) is 0 Å². The number of nitrogens with one attached hydrogen (secondary N) is 1. The van der Waals surface area contributed by atoms with Crippen LogP contribution in [0.3, 0.4) is 0 Å². The number of aromatic nitrogens is 2. The molecule has 24 heavy (non-hydrogen) atoms. The summed E-state index contributed by atoms with van der Waals surface area (Å²) in [4.78, 5) is 12.5. The molecule has 0 radical (unpaired) electrons. The Morgan fingerprint density at radius 3 is 2.29 bits per heavy atom. The number of carbonyl (C=O) groups excluding carboxylic acids is 1. The van der Waals surface area contributed by atoms with Gasteiger partial charge in [-0.15, -0.1) is 12.4 Å². The molecule has 1 atom stereocenters. The number of nitrogens with zero attached hydrogens (tertiary/aromatic N) is 2. The quantitative estimate of drug-likeness (QED) is 0.870. The van der Waals surface area contributed by atoms with Gasteiger partial charge in [0, 0.05) is 17.8 Å². The van der Waals surface area contributed by atoms with Gasteiger partial charge in [0.1, 0.15) is 0 Å². The third-order valence-corrected chi connectivity index (χ3v) is 4.48. The molecule has 0 bridgehead atoms. The minimum absolute atomic E-state index is 0. The highest BCUT2D eigenvalue weighted by Gasteiger charge is 2.28. The predicted molar refractivity (Wildman–Crippen MR) is 100 cm³/mol. The van der Waals surface area contributed by atoms with Gasteiger partial charge in [0.15, 0.2) is 0 Å². The van der Waals surface area contributed by atoms with Gasteiger partial charge in [0.25, 0.3) is 5.91 Å². The Morgan fingerprint density at radius 1 is 1.29 bits per heavy atom. The van der Waals surface area contributed by atoms with Crippen LogP contribution in [0.5, 0.6) is 0 Å². The fraction of sp³-hybridized carbons (Fsp3) is 0.444. The van der Waals surface area contributed by atoms with Gasteiger partial charge in [-0.3, -0.25) is 4.79 Å². The van der Waals surface area contributed by atoms with Gasteiger partial charge in [-0.2, -0.15) is 5.10 Å². The summed E-state index contributed by atoms with van der Waals surface area (Å²) >= 11 is 0. The number of hydrogen-bond donors (Lipinski definition) is 2. The molecule has 0 saturated heterocycles. The zero-order valence-electron chi connectivity index (χ0n) is 15.0. The Morgan fingerprint density at radius 2 is 1.88 bits per heavy atom. The molecular weight excluding hydrogens is 324 g/mol. The number of aryl methyl sites for hydroxylation is 2. The normalized spacial score (nSPS) is 13.3. The minimum Gasteiger partial charge on any atom is -0.345 e. The van der Waals surface area contributed by atoms with E-state index < -0.39 is 5.54 Å². The number of carbonyl (C=O) groups is 1. The second kappa shape index (κ2) is 7.81. The van der Waals surface area contributed by atoms with Gasteiger partial charge in [0.2, 0.25) is 0 Å². The SMILES string of the molecule is Cc1cc(C)n(-c2ccc(C(=O)NC(C)(CN)C(C)C)cc2)n1.Cl. The molecule has 0 fully saturated rings. The highest BCUT2D eigenvalue weighted by atomic mass is 35.5. The second-order valence-corrected chi connectivity index (χ2v) is 6.62. The number of benzene rings is 1. The molecule has 2 aromatic rings. The van der Waals surface area contributed by atoms with Crippen LogP contribution in [-0.4, -0.2) is 27.8 Å². The van der Waals surface area contributed by atoms with Crippen molar-refractivity contribution in [3.05, 3.63) is 47.3 Å². The molecule has 132 valence electrons. The topological polar surface area (TPSA) is 72.9 Å². The van der Waals surface area contributed by atoms with Crippen molar-refractivity contribution in [2.45, 2.75) is 40.2 Å². The van der Waals surface area contributed by atoms with E-state index in [2.05, 4.69) is 24.3 Å². The zero-order chi connectivity index (χ0) is 17.2. The average molecular weight is 351 g/mol. The molecule has 1 amide bonds. The lowest BCUT2D eigenvalue weighted by Crippen LogP contribution is -2.55. The van der Waals surface area contributed by atoms with Gasteiger partial charge in [0.05, 0.1) is 16.9 Å². The number of nitrogens with two attached hydrogens (primary N) is 1. The number of hydrogen-bond acceptors (Lipinski definition) is 3. The van der Waals surface area contributed by atoms with Gasteiger partial charge in [-0.1, -0.05) is 13.8 Å². The predicted octanol–water partition coefficient (Wildman–Crippen LogP) is 3.01. The second-order valence-electron chi connectivity index (χ2n) is 6.62. The van der Waals surface area contributed by atoms with Crippen molar-refractivity contribution in [1.82, 2.24) is 15.1 Å². The third kappa shape index (κ3) is 4.16. The third-order valence-electron chi connectivity index (χ3n) is 4.48. The molecule has 5 nitrogen and oxygen atoms in total. The number of amides is 1. The van der Waals surface area contributed by atoms with Gasteiger partial charge < -0.3 is 11.1 Å². The molecule has 0 spiro atoms. The van der Waals surface area contributed by atoms with E-state index in [9.17, 15) is 4.79 Å². The molecule has 0 saturated carbocycles. The van der Waals surface area contributed by atoms with Gasteiger partial charge in [-0.25, -0.2) is 4.68 Å². The maximum atomic E-state index is 12.5. The van der Waals surface area contributed by atoms with Crippen LogP contribution in [-0.2, 0) is 0 Å². The summed E-state index contributed by atoms with van der Waals surface area (Å²) < 4.78 is 1.87. The Bertz CT molecular complexity index is 694. The van der Waals surface area contributed by atoms with Crippen LogP contribution in [0.2, 0.25) is 0 Å². The summed E-state index contributed by atoms with van der Waals surface area (Å²) in [6, 6.07) is 9.47. The van der Waals surface area contributed by atoms with Gasteiger partial charge >= 0.3 is 0 Å². The summed E-state index contributed by atoms with van der Waals surface area (Å²) in [5, 5.41) is 7.50. The molecule has 0 aliphatic rings. The molecule has 0 aliphatic carbocycles. The lowest BCUT2D eigenvalue weighted by atomic mass is 9.88. The van der Waals surface area contributed by atoms with Crippen molar-refractivity contribution in [3.63, 3.8) is 0 Å². The average Bonchev–Trinajstić information content (AvgIpc) is 2.85. The van der Waals surface area contributed by atoms with Crippen molar-refractivity contribution in [2.75, 3.05) is 6.54 Å². The fourth-order valence-electron chi connectivity index (χ4n) is 2.41. The first-order chi connectivity index (χ1) is 10.8. The van der Waals surface area contributed by atoms with Crippen LogP contribution in [0.4, 0.5) is 0 Å². The first-order valence-electron chi connectivity index (χ1n) is 7.93. The Balaban J connectivity index is 0.00000288. The summed E-state index contributed by atoms with van der Waals surface area (Å²) in [6.07, 6.45) is 0. The molecule has 1 aromatic carbocycles. The van der Waals surface area contributed by atoms with Crippen molar-refractivity contribution in [3.8, 4) is 5.69 Å². The Kier molecular flexibility index (Phi) is 6.58. The molecule has 1 unspecified atom stereocenters. The molecule has 1 heterocycles. The summed E-state index contributed by atoms with van der Waals surface area (Å²) in [5.74, 6) is 0.150. The van der Waals surface area contributed by atoms with E-state index in [4.69, 9.17) is 5.73 Å². The van der Waals surface area contributed by atoms with Crippen LogP contribution in [0.15, 0.2) is 30.3 Å². The highest BCUT2D eigenvalue weighted by molar-refractivity contribution is 5.94. The van der Waals surface area contributed by atoms with Crippen LogP contribution in [0.25, 0.3) is 5.69 Å². The standard InChI is InChI=1S/C18H26N4O.ClH/c1-12(2)18(5,11-19)20-17(23)15-6-8-16(9-7-15)22-14(4)10-13(3)21-22;/h6-10,12H,11,19H2,1-5H3,(H,20,23);1H. The van der Waals surface area contributed by atoms with Crippen molar-refractivity contribution < 1.29 is 4.79 Å². The van der Waals surface area contributed by atoms with Crippen molar-refractivity contribution >= 4 is 18.3 Å². The summed E-state index contributed by atoms with van der Waals surface area (Å²) in [5.41, 5.74) is 9.02. The molecule has 2 rings (SSSR count). The number of rotatable bonds is 5. The first-order valence-corrected chi connectivity index (χ1v) is 7.93. The molecule has 3 N–H and O–H groups in total. The minimum atomic E-state index is -0.411. The maximum Gasteiger partial charge on any atom is 0.251 e. The molecule has 6 heteroatoms. The van der Waals surface area contributed by atoms with Crippen LogP contribution in [0, 0.1) is 19.8 Å².